The number of nitrogens with one attached hydrogen (secondary N) is 1. The fourth-order valence-corrected chi connectivity index (χ4v) is 3.17. The van der Waals surface area contributed by atoms with Gasteiger partial charge in [-0.15, -0.1) is 0 Å². The third kappa shape index (κ3) is 5.82. The second-order valence-electron chi connectivity index (χ2n) is 9.58. The van der Waals surface area contributed by atoms with Crippen molar-refractivity contribution in [3.63, 3.8) is 0 Å². The van der Waals surface area contributed by atoms with Crippen molar-refractivity contribution in [3.05, 3.63) is 34.9 Å². The van der Waals surface area contributed by atoms with Crippen LogP contribution < -0.4 is 4.90 Å². The van der Waals surface area contributed by atoms with Crippen LogP contribution in [0.4, 0.5) is 0 Å². The fourth-order valence-electron chi connectivity index (χ4n) is 3.17. The zero-order valence-corrected chi connectivity index (χ0v) is 17.6. The highest BCUT2D eigenvalue weighted by molar-refractivity contribution is 5.90. The molecule has 0 saturated carbocycles. The lowest BCUT2D eigenvalue weighted by atomic mass is 9.79. The van der Waals surface area contributed by atoms with Gasteiger partial charge in [0.2, 0.25) is 0 Å². The summed E-state index contributed by atoms with van der Waals surface area (Å²) in [6, 6.07) is 6.20. The van der Waals surface area contributed by atoms with Crippen LogP contribution >= 0.6 is 0 Å². The first-order valence-corrected chi connectivity index (χ1v) is 9.75. The predicted octanol–water partition coefficient (Wildman–Crippen LogP) is 2.74. The Morgan fingerprint density at radius 2 is 1.54 bits per heavy atom. The van der Waals surface area contributed by atoms with Gasteiger partial charge in [-0.3, -0.25) is 0 Å². The highest BCUT2D eigenvalue weighted by Crippen LogP contribution is 2.30. The largest absolute Gasteiger partial charge is 0.453 e. The Labute approximate surface area is 158 Å². The molecule has 2 rings (SSSR count). The molecule has 0 aromatic heterocycles. The molecule has 0 radical (unpaired) electrons. The van der Waals surface area contributed by atoms with Crippen molar-refractivity contribution in [2.45, 2.75) is 65.4 Å². The molecule has 0 aliphatic carbocycles. The van der Waals surface area contributed by atoms with Crippen molar-refractivity contribution in [1.82, 2.24) is 0 Å². The molecule has 4 heteroatoms. The molecule has 1 aliphatic heterocycles. The Bertz CT molecular complexity index is 587. The summed E-state index contributed by atoms with van der Waals surface area (Å²) in [5.74, 6) is -0.221. The van der Waals surface area contributed by atoms with E-state index in [0.717, 1.165) is 32.8 Å². The van der Waals surface area contributed by atoms with Gasteiger partial charge in [0.25, 0.3) is 0 Å². The van der Waals surface area contributed by atoms with E-state index in [2.05, 4.69) is 47.6 Å². The minimum Gasteiger partial charge on any atom is -0.453 e. The molecule has 1 saturated heterocycles. The van der Waals surface area contributed by atoms with Crippen molar-refractivity contribution in [3.8, 4) is 0 Å². The second kappa shape index (κ2) is 8.10. The van der Waals surface area contributed by atoms with Gasteiger partial charge in [0.1, 0.15) is 25.7 Å². The zero-order chi connectivity index (χ0) is 19.5. The quantitative estimate of drug-likeness (QED) is 0.837. The minimum atomic E-state index is -0.221. The summed E-state index contributed by atoms with van der Waals surface area (Å²) in [5.41, 5.74) is 2.97. The topological polar surface area (TPSA) is 40.0 Å². The van der Waals surface area contributed by atoms with E-state index in [1.807, 2.05) is 19.1 Å². The van der Waals surface area contributed by atoms with Gasteiger partial charge in [-0.1, -0.05) is 47.6 Å². The Morgan fingerprint density at radius 3 is 2.00 bits per heavy atom. The molecule has 1 aromatic carbocycles. The van der Waals surface area contributed by atoms with E-state index in [9.17, 15) is 4.79 Å². The number of carbonyl (C=O) groups excluding carboxylic acids is 1. The van der Waals surface area contributed by atoms with Crippen molar-refractivity contribution in [1.29, 1.82) is 0 Å². The van der Waals surface area contributed by atoms with E-state index < -0.39 is 0 Å². The number of rotatable bonds is 4. The first-order chi connectivity index (χ1) is 12.0. The number of hydrogen-bond donors (Lipinski definition) is 1. The summed E-state index contributed by atoms with van der Waals surface area (Å²) in [4.78, 5) is 14.2. The van der Waals surface area contributed by atoms with Crippen LogP contribution in [0.1, 0.15) is 70.0 Å². The lowest BCUT2D eigenvalue weighted by molar-refractivity contribution is -0.910. The molecule has 0 amide bonds. The fraction of sp³-hybridized carbons (Fsp3) is 0.682. The van der Waals surface area contributed by atoms with Crippen LogP contribution in [0.2, 0.25) is 0 Å². The SMILES string of the molecule is C[C@H](C[NH+]1CCOCC1)OC(=O)c1cc(C(C)(C)C)cc(C(C)(C)C)c1. The Kier molecular flexibility index (Phi) is 6.51. The summed E-state index contributed by atoms with van der Waals surface area (Å²) >= 11 is 0. The number of benzene rings is 1. The number of esters is 1. The zero-order valence-electron chi connectivity index (χ0n) is 17.6. The van der Waals surface area contributed by atoms with E-state index in [0.29, 0.717) is 5.56 Å². The third-order valence-electron chi connectivity index (χ3n) is 4.99. The molecule has 26 heavy (non-hydrogen) atoms. The molecule has 1 atom stereocenters. The highest BCUT2D eigenvalue weighted by Gasteiger charge is 2.24. The van der Waals surface area contributed by atoms with Crippen LogP contribution in [-0.4, -0.2) is 44.9 Å². The first kappa shape index (κ1) is 20.9. The molecule has 146 valence electrons. The molecule has 0 bridgehead atoms. The Balaban J connectivity index is 2.16. The van der Waals surface area contributed by atoms with Gasteiger partial charge in [0, 0.05) is 0 Å². The van der Waals surface area contributed by atoms with Crippen molar-refractivity contribution in [2.75, 3.05) is 32.8 Å². The average molecular weight is 363 g/mol. The van der Waals surface area contributed by atoms with Crippen LogP contribution in [0.3, 0.4) is 0 Å². The average Bonchev–Trinajstić information content (AvgIpc) is 2.53. The van der Waals surface area contributed by atoms with Gasteiger partial charge < -0.3 is 14.4 Å². The van der Waals surface area contributed by atoms with E-state index in [1.54, 1.807) is 0 Å². The number of carbonyl (C=O) groups is 1. The molecule has 0 unspecified atom stereocenters. The van der Waals surface area contributed by atoms with Crippen molar-refractivity contribution in [2.24, 2.45) is 0 Å². The lowest BCUT2D eigenvalue weighted by Crippen LogP contribution is -3.15. The lowest BCUT2D eigenvalue weighted by Gasteiger charge is -2.27. The molecule has 1 aromatic rings. The van der Waals surface area contributed by atoms with E-state index in [1.165, 1.54) is 16.0 Å². The second-order valence-corrected chi connectivity index (χ2v) is 9.58. The molecule has 1 fully saturated rings. The molecule has 1 N–H and O–H groups in total. The van der Waals surface area contributed by atoms with Gasteiger partial charge >= 0.3 is 5.97 Å². The van der Waals surface area contributed by atoms with E-state index in [4.69, 9.17) is 9.47 Å². The van der Waals surface area contributed by atoms with Crippen molar-refractivity contribution >= 4 is 5.97 Å². The van der Waals surface area contributed by atoms with Crippen molar-refractivity contribution < 1.29 is 19.2 Å². The summed E-state index contributed by atoms with van der Waals surface area (Å²) in [5, 5.41) is 0. The number of ether oxygens (including phenoxy) is 2. The molecule has 0 spiro atoms. The highest BCUT2D eigenvalue weighted by atomic mass is 16.5. The summed E-state index contributed by atoms with van der Waals surface area (Å²) in [7, 11) is 0. The van der Waals surface area contributed by atoms with E-state index in [-0.39, 0.29) is 22.9 Å². The van der Waals surface area contributed by atoms with Crippen LogP contribution in [0.5, 0.6) is 0 Å². The third-order valence-corrected chi connectivity index (χ3v) is 4.99. The van der Waals surface area contributed by atoms with Gasteiger partial charge in [0.15, 0.2) is 0 Å². The maximum atomic E-state index is 12.8. The van der Waals surface area contributed by atoms with Crippen LogP contribution in [-0.2, 0) is 20.3 Å². The molecule has 1 heterocycles. The number of quaternary nitrogens is 1. The summed E-state index contributed by atoms with van der Waals surface area (Å²) < 4.78 is 11.2. The molecule has 1 aliphatic rings. The Morgan fingerprint density at radius 1 is 1.04 bits per heavy atom. The van der Waals surface area contributed by atoms with Crippen LogP contribution in [0, 0.1) is 0 Å². The summed E-state index contributed by atoms with van der Waals surface area (Å²) in [6.45, 7) is 19.4. The smallest absolute Gasteiger partial charge is 0.338 e. The van der Waals surface area contributed by atoms with Gasteiger partial charge in [-0.05, 0) is 41.0 Å². The monoisotopic (exact) mass is 362 g/mol. The minimum absolute atomic E-state index is 0.0140. The molecule has 4 nitrogen and oxygen atoms in total. The number of hydrogen-bond acceptors (Lipinski definition) is 3. The maximum Gasteiger partial charge on any atom is 0.338 e. The maximum absolute atomic E-state index is 12.8. The molecular formula is C22H36NO3+. The normalized spacial score (nSPS) is 17.8. The molecular weight excluding hydrogens is 326 g/mol. The predicted molar refractivity (Wildman–Crippen MR) is 105 cm³/mol. The standard InChI is InChI=1S/C22H35NO3/c1-16(15-23-8-10-25-11-9-23)26-20(24)17-12-18(21(2,3)4)14-19(13-17)22(5,6)7/h12-14,16H,8-11,15H2,1-7H3/p+1/t16-/m1/s1. The van der Waals surface area contributed by atoms with Crippen LogP contribution in [0.15, 0.2) is 18.2 Å². The van der Waals surface area contributed by atoms with Gasteiger partial charge in [-0.25, -0.2) is 4.79 Å². The van der Waals surface area contributed by atoms with Gasteiger partial charge in [0.05, 0.1) is 18.8 Å². The number of morpholine rings is 1. The van der Waals surface area contributed by atoms with Crippen LogP contribution in [0.25, 0.3) is 0 Å². The summed E-state index contributed by atoms with van der Waals surface area (Å²) in [6.07, 6.45) is -0.105. The van der Waals surface area contributed by atoms with E-state index >= 15 is 0 Å². The van der Waals surface area contributed by atoms with Gasteiger partial charge in [-0.2, -0.15) is 0 Å². The first-order valence-electron chi connectivity index (χ1n) is 9.75. The Hall–Kier alpha value is -1.39.